The Labute approximate surface area is 141 Å². The van der Waals surface area contributed by atoms with Gasteiger partial charge in [-0.05, 0) is 35.1 Å². The van der Waals surface area contributed by atoms with E-state index in [1.807, 2.05) is 36.4 Å². The van der Waals surface area contributed by atoms with Gasteiger partial charge in [0.1, 0.15) is 13.3 Å². The lowest BCUT2D eigenvalue weighted by molar-refractivity contribution is 0.260. The van der Waals surface area contributed by atoms with E-state index in [4.69, 9.17) is 14.1 Å². The van der Waals surface area contributed by atoms with Crippen LogP contribution < -0.4 is 9.47 Å². The van der Waals surface area contributed by atoms with Crippen LogP contribution >= 0.6 is 0 Å². The summed E-state index contributed by atoms with van der Waals surface area (Å²) in [6, 6.07) is 13.7. The summed E-state index contributed by atoms with van der Waals surface area (Å²) >= 11 is 0. The molecule has 0 bridgehead atoms. The highest BCUT2D eigenvalue weighted by Crippen LogP contribution is 2.35. The fourth-order valence-electron chi connectivity index (χ4n) is 2.93. The van der Waals surface area contributed by atoms with Crippen LogP contribution in [0.3, 0.4) is 0 Å². The normalized spacial score (nSPS) is 17.1. The van der Waals surface area contributed by atoms with Gasteiger partial charge in [-0.2, -0.15) is 0 Å². The topological polar surface area (TPSA) is 47.9 Å². The number of hydrogen-bond donors (Lipinski definition) is 1. The van der Waals surface area contributed by atoms with Crippen molar-refractivity contribution in [3.63, 3.8) is 0 Å². The number of alkyl halides is 1. The Morgan fingerprint density at radius 3 is 2.75 bits per heavy atom. The van der Waals surface area contributed by atoms with E-state index in [2.05, 4.69) is 6.07 Å². The Balaban J connectivity index is 1.88. The summed E-state index contributed by atoms with van der Waals surface area (Å²) in [4.78, 5) is 0. The van der Waals surface area contributed by atoms with Gasteiger partial charge in [-0.1, -0.05) is 30.3 Å². The number of methoxy groups -OCH3 is 1. The van der Waals surface area contributed by atoms with Crippen molar-refractivity contribution >= 4 is 7.12 Å². The van der Waals surface area contributed by atoms with Crippen LogP contribution in [-0.2, 0) is 4.65 Å². The molecule has 0 aliphatic carbocycles. The largest absolute Gasteiger partial charge is 0.493 e. The molecule has 1 unspecified atom stereocenters. The maximum absolute atomic E-state index is 12.4. The van der Waals surface area contributed by atoms with Crippen molar-refractivity contribution in [2.45, 2.75) is 12.2 Å². The van der Waals surface area contributed by atoms with Crippen molar-refractivity contribution in [3.8, 4) is 22.6 Å². The number of hydrogen-bond acceptors (Lipinski definition) is 4. The standard InChI is InChI=1S/C18H20BFO4/c1-22-17-6-5-15(10-18(17)23-8-7-20)13-3-2-4-14(9-13)16-11-19(21)24-12-16/h2-6,9-10,16,21H,7-8,11-12H2,1H3. The molecule has 1 heterocycles. The minimum absolute atomic E-state index is 0.00282. The number of halogens is 1. The first kappa shape index (κ1) is 16.8. The van der Waals surface area contributed by atoms with E-state index in [1.54, 1.807) is 7.11 Å². The van der Waals surface area contributed by atoms with E-state index in [0.29, 0.717) is 24.4 Å². The lowest BCUT2D eigenvalue weighted by Gasteiger charge is -2.13. The third-order valence-corrected chi connectivity index (χ3v) is 4.17. The van der Waals surface area contributed by atoms with Crippen LogP contribution in [0.5, 0.6) is 11.5 Å². The predicted molar refractivity (Wildman–Crippen MR) is 91.4 cm³/mol. The van der Waals surface area contributed by atoms with Gasteiger partial charge < -0.3 is 19.2 Å². The third-order valence-electron chi connectivity index (χ3n) is 4.17. The monoisotopic (exact) mass is 330 g/mol. The summed E-state index contributed by atoms with van der Waals surface area (Å²) in [5.41, 5.74) is 3.12. The molecule has 1 saturated heterocycles. The number of benzene rings is 2. The van der Waals surface area contributed by atoms with E-state index in [0.717, 1.165) is 16.7 Å². The first-order valence-electron chi connectivity index (χ1n) is 7.98. The molecule has 24 heavy (non-hydrogen) atoms. The van der Waals surface area contributed by atoms with E-state index in [9.17, 15) is 9.41 Å². The average Bonchev–Trinajstić information content (AvgIpc) is 3.06. The fraction of sp³-hybridized carbons (Fsp3) is 0.333. The Bertz CT molecular complexity index is 694. The smallest absolute Gasteiger partial charge is 0.454 e. The molecule has 2 aromatic carbocycles. The molecule has 0 aromatic heterocycles. The molecule has 6 heteroatoms. The highest BCUT2D eigenvalue weighted by atomic mass is 19.1. The average molecular weight is 330 g/mol. The van der Waals surface area contributed by atoms with E-state index in [-0.39, 0.29) is 12.5 Å². The molecule has 0 saturated carbocycles. The van der Waals surface area contributed by atoms with Gasteiger partial charge in [0, 0.05) is 12.5 Å². The van der Waals surface area contributed by atoms with Gasteiger partial charge in [0.25, 0.3) is 0 Å². The quantitative estimate of drug-likeness (QED) is 0.826. The third kappa shape index (κ3) is 3.71. The van der Waals surface area contributed by atoms with Crippen LogP contribution in [-0.4, -0.2) is 39.1 Å². The maximum Gasteiger partial charge on any atom is 0.454 e. The van der Waals surface area contributed by atoms with Crippen molar-refractivity contribution in [1.29, 1.82) is 0 Å². The summed E-state index contributed by atoms with van der Waals surface area (Å²) in [6.07, 6.45) is 0.608. The summed E-state index contributed by atoms with van der Waals surface area (Å²) in [6.45, 7) is -0.0257. The summed E-state index contributed by atoms with van der Waals surface area (Å²) in [5, 5.41) is 9.54. The van der Waals surface area contributed by atoms with Gasteiger partial charge in [-0.15, -0.1) is 0 Å². The van der Waals surface area contributed by atoms with Gasteiger partial charge >= 0.3 is 7.12 Å². The SMILES string of the molecule is COc1ccc(-c2cccc(C3COB(O)C3)c2)cc1OCCF. The van der Waals surface area contributed by atoms with Crippen LogP contribution in [0.15, 0.2) is 42.5 Å². The molecule has 126 valence electrons. The van der Waals surface area contributed by atoms with Crippen molar-refractivity contribution in [2.24, 2.45) is 0 Å². The van der Waals surface area contributed by atoms with Crippen molar-refractivity contribution in [2.75, 3.05) is 27.0 Å². The van der Waals surface area contributed by atoms with Gasteiger partial charge in [0.05, 0.1) is 7.11 Å². The summed E-state index contributed by atoms with van der Waals surface area (Å²) in [7, 11) is 0.879. The van der Waals surface area contributed by atoms with Crippen molar-refractivity contribution in [1.82, 2.24) is 0 Å². The van der Waals surface area contributed by atoms with Crippen LogP contribution in [0.25, 0.3) is 11.1 Å². The molecule has 2 aromatic rings. The van der Waals surface area contributed by atoms with Gasteiger partial charge in [0.15, 0.2) is 11.5 Å². The number of rotatable bonds is 6. The molecule has 0 spiro atoms. The molecule has 0 amide bonds. The molecular formula is C18H20BFO4. The minimum Gasteiger partial charge on any atom is -0.493 e. The molecule has 0 radical (unpaired) electrons. The lowest BCUT2D eigenvalue weighted by Crippen LogP contribution is -2.07. The zero-order valence-corrected chi connectivity index (χ0v) is 13.6. The molecule has 1 aliphatic heterocycles. The molecule has 1 aliphatic rings. The lowest BCUT2D eigenvalue weighted by atomic mass is 9.79. The summed E-state index contributed by atoms with van der Waals surface area (Å²) in [5.74, 6) is 1.30. The maximum atomic E-state index is 12.4. The molecule has 1 fully saturated rings. The van der Waals surface area contributed by atoms with E-state index < -0.39 is 13.8 Å². The molecular weight excluding hydrogens is 310 g/mol. The number of ether oxygens (including phenoxy) is 2. The zero-order valence-electron chi connectivity index (χ0n) is 13.6. The first-order chi connectivity index (χ1) is 11.7. The van der Waals surface area contributed by atoms with E-state index in [1.165, 1.54) is 0 Å². The molecule has 1 atom stereocenters. The Hall–Kier alpha value is -2.05. The van der Waals surface area contributed by atoms with Gasteiger partial charge in [-0.25, -0.2) is 4.39 Å². The molecule has 1 N–H and O–H groups in total. The Kier molecular flexibility index (Phi) is 5.38. The van der Waals surface area contributed by atoms with E-state index >= 15 is 0 Å². The Morgan fingerprint density at radius 1 is 1.21 bits per heavy atom. The predicted octanol–water partition coefficient (Wildman–Crippen LogP) is 3.30. The highest BCUT2D eigenvalue weighted by Gasteiger charge is 2.29. The van der Waals surface area contributed by atoms with Crippen molar-refractivity contribution < 1.29 is 23.5 Å². The van der Waals surface area contributed by atoms with Crippen LogP contribution in [0, 0.1) is 0 Å². The van der Waals surface area contributed by atoms with Crippen molar-refractivity contribution in [3.05, 3.63) is 48.0 Å². The second-order valence-electron chi connectivity index (χ2n) is 5.75. The Morgan fingerprint density at radius 2 is 2.04 bits per heavy atom. The first-order valence-corrected chi connectivity index (χ1v) is 7.98. The van der Waals surface area contributed by atoms with Crippen LogP contribution in [0.4, 0.5) is 4.39 Å². The molecule has 3 rings (SSSR count). The highest BCUT2D eigenvalue weighted by molar-refractivity contribution is 6.43. The second kappa shape index (κ2) is 7.68. The van der Waals surface area contributed by atoms with Crippen LogP contribution in [0.1, 0.15) is 11.5 Å². The minimum atomic E-state index is -0.680. The molecule has 4 nitrogen and oxygen atoms in total. The zero-order chi connectivity index (χ0) is 16.9. The van der Waals surface area contributed by atoms with Gasteiger partial charge in [0.2, 0.25) is 0 Å². The second-order valence-corrected chi connectivity index (χ2v) is 5.75. The van der Waals surface area contributed by atoms with Gasteiger partial charge in [-0.3, -0.25) is 0 Å². The van der Waals surface area contributed by atoms with Crippen LogP contribution in [0.2, 0.25) is 6.32 Å². The fourth-order valence-corrected chi connectivity index (χ4v) is 2.93. The summed E-state index contributed by atoms with van der Waals surface area (Å²) < 4.78 is 28.3.